The Kier molecular flexibility index (Phi) is 10.4. The molecule has 0 fully saturated rings. The Morgan fingerprint density at radius 1 is 0.811 bits per heavy atom. The molecule has 0 saturated carbocycles. The number of benzene rings is 6. The van der Waals surface area contributed by atoms with Gasteiger partial charge in [0.25, 0.3) is 0 Å². The van der Waals surface area contributed by atoms with E-state index in [0.29, 0.717) is 44.8 Å². The minimum atomic E-state index is -1.28. The van der Waals surface area contributed by atoms with E-state index in [0.717, 1.165) is 36.1 Å². The second-order valence-electron chi connectivity index (χ2n) is 13.2. The predicted molar refractivity (Wildman–Crippen MR) is 199 cm³/mol. The first-order valence-electron chi connectivity index (χ1n) is 17.0. The van der Waals surface area contributed by atoms with E-state index in [1.807, 2.05) is 32.3 Å². The highest BCUT2D eigenvalue weighted by molar-refractivity contribution is 6.02. The second-order valence-corrected chi connectivity index (χ2v) is 13.2. The lowest BCUT2D eigenvalue weighted by molar-refractivity contribution is -0.0140. The van der Waals surface area contributed by atoms with E-state index in [-0.39, 0.29) is 23.4 Å². The summed E-state index contributed by atoms with van der Waals surface area (Å²) in [5.74, 6) is -3.60. The third-order valence-electron chi connectivity index (χ3n) is 9.66. The molecule has 0 spiro atoms. The zero-order valence-corrected chi connectivity index (χ0v) is 29.1. The molecule has 4 N–H and O–H groups in total. The van der Waals surface area contributed by atoms with Gasteiger partial charge >= 0.3 is 11.9 Å². The first-order valence-corrected chi connectivity index (χ1v) is 17.0. The molecule has 1 aliphatic heterocycles. The number of rotatable bonds is 9. The number of nitrogens with zero attached hydrogens (tertiary/aromatic N) is 2. The van der Waals surface area contributed by atoms with Gasteiger partial charge in [0.05, 0.1) is 18.2 Å². The molecule has 0 aromatic heterocycles. The largest absolute Gasteiger partial charge is 0.507 e. The van der Waals surface area contributed by atoms with Crippen LogP contribution in [0, 0.1) is 17.1 Å². The van der Waals surface area contributed by atoms with Crippen molar-refractivity contribution in [3.63, 3.8) is 0 Å². The number of hydrogen-bond acceptors (Lipinski definition) is 7. The van der Waals surface area contributed by atoms with Gasteiger partial charge in [-0.2, -0.15) is 5.26 Å². The number of carbonyl (C=O) groups is 2. The number of ether oxygens (including phenoxy) is 1. The van der Waals surface area contributed by atoms with Crippen molar-refractivity contribution in [2.45, 2.75) is 31.5 Å². The number of nitriles is 1. The van der Waals surface area contributed by atoms with Crippen molar-refractivity contribution < 1.29 is 39.1 Å². The molecular weight excluding hydrogens is 675 g/mol. The van der Waals surface area contributed by atoms with Gasteiger partial charge in [-0.1, -0.05) is 66.7 Å². The lowest BCUT2D eigenvalue weighted by atomic mass is 9.81. The molecule has 6 aromatic carbocycles. The van der Waals surface area contributed by atoms with Crippen molar-refractivity contribution >= 4 is 33.5 Å². The van der Waals surface area contributed by atoms with E-state index in [1.54, 1.807) is 60.7 Å². The molecule has 0 radical (unpaired) electrons. The van der Waals surface area contributed by atoms with Gasteiger partial charge in [0, 0.05) is 17.5 Å². The summed E-state index contributed by atoms with van der Waals surface area (Å²) in [4.78, 5) is 25.4. The zero-order chi connectivity index (χ0) is 37.9. The highest BCUT2D eigenvalue weighted by atomic mass is 19.1. The summed E-state index contributed by atoms with van der Waals surface area (Å²) in [7, 11) is 4.10. The van der Waals surface area contributed by atoms with Crippen LogP contribution in [0.25, 0.3) is 21.5 Å². The third-order valence-corrected chi connectivity index (χ3v) is 9.66. The number of carboxylic acid groups (broad SMARTS) is 2. The molecule has 7 rings (SSSR count). The molecule has 53 heavy (non-hydrogen) atoms. The van der Waals surface area contributed by atoms with Crippen LogP contribution < -0.4 is 0 Å². The van der Waals surface area contributed by atoms with Crippen LogP contribution in [0.1, 0.15) is 66.9 Å². The number of halogens is 1. The molecule has 1 heterocycles. The van der Waals surface area contributed by atoms with Crippen molar-refractivity contribution in [3.8, 4) is 17.6 Å². The molecule has 0 amide bonds. The number of aromatic carboxylic acids is 2. The van der Waals surface area contributed by atoms with Crippen LogP contribution >= 0.6 is 0 Å². The van der Waals surface area contributed by atoms with Crippen LogP contribution in [0.15, 0.2) is 103 Å². The average molecular weight is 713 g/mol. The van der Waals surface area contributed by atoms with E-state index in [2.05, 4.69) is 11.0 Å². The fourth-order valence-corrected chi connectivity index (χ4v) is 7.09. The summed E-state index contributed by atoms with van der Waals surface area (Å²) in [5.41, 5.74) is 3.29. The molecule has 0 aliphatic carbocycles. The SMILES string of the molecule is CN(C)CCCC1(c2ccc(F)cc2)OCc2cc(C#N)ccc21.O=C(O)c1cc2ccccc2c(Cc2c(O)c(C(=O)O)cc3ccccc23)c1O. The van der Waals surface area contributed by atoms with Gasteiger partial charge < -0.3 is 30.1 Å². The molecule has 6 aromatic rings. The molecule has 1 aliphatic rings. The Morgan fingerprint density at radius 3 is 1.87 bits per heavy atom. The molecule has 0 saturated heterocycles. The Morgan fingerprint density at radius 2 is 1.36 bits per heavy atom. The number of aromatic hydroxyl groups is 2. The topological polar surface area (TPSA) is 151 Å². The fraction of sp³-hybridized carbons (Fsp3) is 0.186. The lowest BCUT2D eigenvalue weighted by Gasteiger charge is -2.31. The van der Waals surface area contributed by atoms with Crippen LogP contribution in [-0.4, -0.2) is 57.9 Å². The lowest BCUT2D eigenvalue weighted by Crippen LogP contribution is -2.28. The summed E-state index contributed by atoms with van der Waals surface area (Å²) in [6, 6.07) is 31.2. The Labute approximate surface area is 305 Å². The maximum atomic E-state index is 13.4. The monoisotopic (exact) mass is 712 g/mol. The van der Waals surface area contributed by atoms with Gasteiger partial charge in [-0.25, -0.2) is 14.0 Å². The summed E-state index contributed by atoms with van der Waals surface area (Å²) >= 11 is 0. The van der Waals surface area contributed by atoms with Crippen LogP contribution in [0.4, 0.5) is 4.39 Å². The molecule has 1 unspecified atom stereocenters. The number of hydrogen-bond donors (Lipinski definition) is 4. The smallest absolute Gasteiger partial charge is 0.339 e. The van der Waals surface area contributed by atoms with Crippen molar-refractivity contribution in [1.29, 1.82) is 5.26 Å². The second kappa shape index (κ2) is 15.1. The van der Waals surface area contributed by atoms with Crippen molar-refractivity contribution in [1.82, 2.24) is 4.90 Å². The van der Waals surface area contributed by atoms with Gasteiger partial charge in [-0.15, -0.1) is 0 Å². The molecule has 9 nitrogen and oxygen atoms in total. The summed E-state index contributed by atoms with van der Waals surface area (Å²) < 4.78 is 19.6. The first kappa shape index (κ1) is 36.5. The van der Waals surface area contributed by atoms with E-state index in [9.17, 15) is 34.4 Å². The van der Waals surface area contributed by atoms with Crippen molar-refractivity contribution in [3.05, 3.63) is 153 Å². The van der Waals surface area contributed by atoms with E-state index >= 15 is 0 Å². The minimum absolute atomic E-state index is 0.0407. The Bertz CT molecular complexity index is 2300. The minimum Gasteiger partial charge on any atom is -0.507 e. The molecule has 1 atom stereocenters. The van der Waals surface area contributed by atoms with Gasteiger partial charge in [0.15, 0.2) is 0 Å². The Hall–Kier alpha value is -6.28. The standard InChI is InChI=1S/C23H16O6.C20H21FN2O/c24-20-16(14-7-3-1-5-12(14)9-18(20)22(26)27)11-17-15-8-4-2-6-13(15)10-19(21(17)25)23(28)29;1-23(2)11-3-10-20(17-5-7-18(21)8-6-17)19-9-4-15(13-22)12-16(19)14-24-20/h1-10,24-25H,11H2,(H,26,27)(H,28,29);4-9,12H,3,10-11,14H2,1-2H3. The predicted octanol–water partition coefficient (Wildman–Crippen LogP) is 8.20. The summed E-state index contributed by atoms with van der Waals surface area (Å²) in [6.07, 6.45) is 1.74. The number of phenols is 2. The molecule has 10 heteroatoms. The highest BCUT2D eigenvalue weighted by Gasteiger charge is 2.41. The van der Waals surface area contributed by atoms with Gasteiger partial charge in [-0.05, 0) is 108 Å². The van der Waals surface area contributed by atoms with Gasteiger partial charge in [-0.3, -0.25) is 0 Å². The van der Waals surface area contributed by atoms with Crippen LogP contribution in [0.5, 0.6) is 11.5 Å². The molecule has 268 valence electrons. The normalized spacial score (nSPS) is 14.8. The zero-order valence-electron chi connectivity index (χ0n) is 29.1. The van der Waals surface area contributed by atoms with Crippen molar-refractivity contribution in [2.75, 3.05) is 20.6 Å². The number of fused-ring (bicyclic) bond motifs is 3. The number of carboxylic acids is 2. The summed E-state index contributed by atoms with van der Waals surface area (Å²) in [5, 5.41) is 51.9. The van der Waals surface area contributed by atoms with Crippen LogP contribution in [-0.2, 0) is 23.4 Å². The maximum absolute atomic E-state index is 13.4. The first-order chi connectivity index (χ1) is 25.4. The quantitative estimate of drug-likeness (QED) is 0.116. The van der Waals surface area contributed by atoms with Gasteiger partial charge in [0.1, 0.15) is 34.0 Å². The van der Waals surface area contributed by atoms with E-state index < -0.39 is 29.0 Å². The summed E-state index contributed by atoms with van der Waals surface area (Å²) in [6.45, 7) is 1.43. The van der Waals surface area contributed by atoms with Crippen LogP contribution in [0.3, 0.4) is 0 Å². The van der Waals surface area contributed by atoms with E-state index in [1.165, 1.54) is 24.3 Å². The molecule has 0 bridgehead atoms. The maximum Gasteiger partial charge on any atom is 0.339 e. The van der Waals surface area contributed by atoms with E-state index in [4.69, 9.17) is 10.00 Å². The molecular formula is C43H37FN2O7. The van der Waals surface area contributed by atoms with Crippen molar-refractivity contribution in [2.24, 2.45) is 0 Å². The Balaban J connectivity index is 0.000000185. The third kappa shape index (κ3) is 7.26. The van der Waals surface area contributed by atoms with Gasteiger partial charge in [0.2, 0.25) is 0 Å². The highest BCUT2D eigenvalue weighted by Crippen LogP contribution is 2.46. The average Bonchev–Trinajstić information content (AvgIpc) is 3.51. The fourth-order valence-electron chi connectivity index (χ4n) is 7.09. The van der Waals surface area contributed by atoms with Crippen LogP contribution in [0.2, 0.25) is 0 Å².